The van der Waals surface area contributed by atoms with E-state index < -0.39 is 9.84 Å². The van der Waals surface area contributed by atoms with Gasteiger partial charge in [0.05, 0.1) is 11.5 Å². The predicted molar refractivity (Wildman–Crippen MR) is 59.9 cm³/mol. The molecule has 8 nitrogen and oxygen atoms in total. The molecule has 1 atom stereocenters. The zero-order valence-corrected chi connectivity index (χ0v) is 10.2. The number of rotatable bonds is 3. The largest absolute Gasteiger partial charge is 0.351 e. The van der Waals surface area contributed by atoms with E-state index in [9.17, 15) is 13.2 Å². The Morgan fingerprint density at radius 1 is 1.67 bits per heavy atom. The maximum Gasteiger partial charge on any atom is 0.252 e. The summed E-state index contributed by atoms with van der Waals surface area (Å²) in [6, 6.07) is 1.42. The molecule has 0 aliphatic carbocycles. The van der Waals surface area contributed by atoms with Gasteiger partial charge in [-0.15, -0.1) is 5.10 Å². The minimum atomic E-state index is -3.01. The van der Waals surface area contributed by atoms with Gasteiger partial charge in [0.25, 0.3) is 5.82 Å². The molecule has 96 valence electrons. The third kappa shape index (κ3) is 3.04. The van der Waals surface area contributed by atoms with Gasteiger partial charge in [0.15, 0.2) is 9.84 Å². The van der Waals surface area contributed by atoms with E-state index >= 15 is 0 Å². The van der Waals surface area contributed by atoms with Gasteiger partial charge < -0.3 is 5.32 Å². The van der Waals surface area contributed by atoms with Crippen LogP contribution in [0.5, 0.6) is 0 Å². The molecule has 1 aliphatic rings. The van der Waals surface area contributed by atoms with E-state index in [1.807, 2.05) is 0 Å². The first-order valence-electron chi connectivity index (χ1n) is 5.28. The third-order valence-corrected chi connectivity index (χ3v) is 4.31. The molecule has 0 spiro atoms. The highest BCUT2D eigenvalue weighted by atomic mass is 32.2. The summed E-state index contributed by atoms with van der Waals surface area (Å²) in [5.41, 5.74) is 0. The smallest absolute Gasteiger partial charge is 0.252 e. The van der Waals surface area contributed by atoms with E-state index in [-0.39, 0.29) is 35.8 Å². The topological polar surface area (TPSA) is 118 Å². The van der Waals surface area contributed by atoms with Gasteiger partial charge >= 0.3 is 0 Å². The molecule has 0 radical (unpaired) electrons. The van der Waals surface area contributed by atoms with Crippen LogP contribution >= 0.6 is 0 Å². The van der Waals surface area contributed by atoms with E-state index in [2.05, 4.69) is 15.4 Å². The lowest BCUT2D eigenvalue weighted by Gasteiger charge is -2.10. The Kier molecular flexibility index (Phi) is 3.29. The van der Waals surface area contributed by atoms with Gasteiger partial charge in [-0.2, -0.15) is 5.26 Å². The van der Waals surface area contributed by atoms with Crippen molar-refractivity contribution in [3.8, 4) is 6.07 Å². The standard InChI is InChI=1S/C9H11N5O3S/c10-3-8-11-6-14(13-8)4-9(15)12-7-1-2-18(16,17)5-7/h6-7H,1-2,4-5H2,(H,12,15)/t7-/m0/s1. The van der Waals surface area contributed by atoms with Crippen molar-refractivity contribution < 1.29 is 13.2 Å². The molecule has 0 bridgehead atoms. The molecule has 2 rings (SSSR count). The van der Waals surface area contributed by atoms with Crippen molar-refractivity contribution in [3.05, 3.63) is 12.2 Å². The van der Waals surface area contributed by atoms with Crippen LogP contribution in [-0.4, -0.2) is 46.6 Å². The Labute approximate surface area is 104 Å². The van der Waals surface area contributed by atoms with Gasteiger partial charge in [-0.1, -0.05) is 0 Å². The van der Waals surface area contributed by atoms with Gasteiger partial charge in [0.2, 0.25) is 5.91 Å². The molecule has 0 unspecified atom stereocenters. The lowest BCUT2D eigenvalue weighted by molar-refractivity contribution is -0.122. The zero-order valence-electron chi connectivity index (χ0n) is 9.40. The van der Waals surface area contributed by atoms with Crippen LogP contribution in [0.2, 0.25) is 0 Å². The van der Waals surface area contributed by atoms with Crippen LogP contribution in [0.4, 0.5) is 0 Å². The maximum absolute atomic E-state index is 11.6. The lowest BCUT2D eigenvalue weighted by atomic mass is 10.2. The number of hydrogen-bond donors (Lipinski definition) is 1. The fraction of sp³-hybridized carbons (Fsp3) is 0.556. The number of amides is 1. The summed E-state index contributed by atoms with van der Waals surface area (Å²) in [6.45, 7) is -0.0781. The predicted octanol–water partition coefficient (Wildman–Crippen LogP) is -1.55. The van der Waals surface area contributed by atoms with E-state index in [0.29, 0.717) is 6.42 Å². The summed E-state index contributed by atoms with van der Waals surface area (Å²) >= 11 is 0. The van der Waals surface area contributed by atoms with Crippen molar-refractivity contribution in [1.29, 1.82) is 5.26 Å². The number of nitrogens with zero attached hydrogens (tertiary/aromatic N) is 4. The molecule has 9 heteroatoms. The van der Waals surface area contributed by atoms with E-state index in [1.165, 1.54) is 11.0 Å². The van der Waals surface area contributed by atoms with Gasteiger partial charge in [-0.3, -0.25) is 4.79 Å². The van der Waals surface area contributed by atoms with Crippen molar-refractivity contribution in [3.63, 3.8) is 0 Å². The van der Waals surface area contributed by atoms with Crippen molar-refractivity contribution >= 4 is 15.7 Å². The summed E-state index contributed by atoms with van der Waals surface area (Å²) in [4.78, 5) is 15.3. The Balaban J connectivity index is 1.88. The molecule has 1 fully saturated rings. The minimum absolute atomic E-state index is 0.00811. The summed E-state index contributed by atoms with van der Waals surface area (Å²) in [7, 11) is -3.01. The molecular formula is C9H11N5O3S. The number of carbonyl (C=O) groups excluding carboxylic acids is 1. The van der Waals surface area contributed by atoms with Gasteiger partial charge in [-0.05, 0) is 6.42 Å². The van der Waals surface area contributed by atoms with Crippen molar-refractivity contribution in [2.75, 3.05) is 11.5 Å². The maximum atomic E-state index is 11.6. The molecule has 1 saturated heterocycles. The second-order valence-corrected chi connectivity index (χ2v) is 6.27. The van der Waals surface area contributed by atoms with Crippen molar-refractivity contribution in [1.82, 2.24) is 20.1 Å². The summed E-state index contributed by atoms with van der Waals surface area (Å²) < 4.78 is 23.6. The fourth-order valence-corrected chi connectivity index (χ4v) is 3.42. The fourth-order valence-electron chi connectivity index (χ4n) is 1.75. The molecule has 1 aliphatic heterocycles. The van der Waals surface area contributed by atoms with Gasteiger partial charge in [0.1, 0.15) is 18.9 Å². The van der Waals surface area contributed by atoms with Crippen LogP contribution in [0.25, 0.3) is 0 Å². The first-order valence-corrected chi connectivity index (χ1v) is 7.10. The van der Waals surface area contributed by atoms with Gasteiger partial charge in [0, 0.05) is 6.04 Å². The number of nitrogens with one attached hydrogen (secondary N) is 1. The number of aromatic nitrogens is 3. The molecular weight excluding hydrogens is 258 g/mol. The Bertz CT molecular complexity index is 600. The quantitative estimate of drug-likeness (QED) is 0.710. The highest BCUT2D eigenvalue weighted by Gasteiger charge is 2.28. The molecule has 1 amide bonds. The second-order valence-electron chi connectivity index (χ2n) is 4.05. The Morgan fingerprint density at radius 2 is 2.44 bits per heavy atom. The normalized spacial score (nSPS) is 21.4. The van der Waals surface area contributed by atoms with Crippen molar-refractivity contribution in [2.45, 2.75) is 19.0 Å². The van der Waals surface area contributed by atoms with Crippen LogP contribution in [0, 0.1) is 11.3 Å². The molecule has 1 aromatic heterocycles. The van der Waals surface area contributed by atoms with Crippen LogP contribution in [0.15, 0.2) is 6.33 Å². The molecule has 0 aromatic carbocycles. The summed E-state index contributed by atoms with van der Waals surface area (Å²) in [5.74, 6) is -0.253. The highest BCUT2D eigenvalue weighted by molar-refractivity contribution is 7.91. The average Bonchev–Trinajstić information content (AvgIpc) is 2.85. The van der Waals surface area contributed by atoms with Crippen LogP contribution < -0.4 is 5.32 Å². The van der Waals surface area contributed by atoms with Crippen LogP contribution in [0.1, 0.15) is 12.2 Å². The third-order valence-electron chi connectivity index (χ3n) is 2.54. The van der Waals surface area contributed by atoms with E-state index in [0.717, 1.165) is 0 Å². The molecule has 1 N–H and O–H groups in total. The minimum Gasteiger partial charge on any atom is -0.351 e. The average molecular weight is 269 g/mol. The number of carbonyl (C=O) groups is 1. The Morgan fingerprint density at radius 3 is 3.00 bits per heavy atom. The van der Waals surface area contributed by atoms with Crippen LogP contribution in [-0.2, 0) is 21.2 Å². The number of nitriles is 1. The highest BCUT2D eigenvalue weighted by Crippen LogP contribution is 2.10. The van der Waals surface area contributed by atoms with Crippen molar-refractivity contribution in [2.24, 2.45) is 0 Å². The Hall–Kier alpha value is -1.95. The van der Waals surface area contributed by atoms with E-state index in [4.69, 9.17) is 5.26 Å². The number of hydrogen-bond acceptors (Lipinski definition) is 6. The zero-order chi connectivity index (χ0) is 13.2. The second kappa shape index (κ2) is 4.73. The summed E-state index contributed by atoms with van der Waals surface area (Å²) in [6.07, 6.45) is 1.72. The molecule has 18 heavy (non-hydrogen) atoms. The molecule has 2 heterocycles. The number of sulfone groups is 1. The lowest BCUT2D eigenvalue weighted by Crippen LogP contribution is -2.37. The summed E-state index contributed by atoms with van der Waals surface area (Å²) in [5, 5.41) is 14.9. The van der Waals surface area contributed by atoms with E-state index in [1.54, 1.807) is 6.07 Å². The van der Waals surface area contributed by atoms with Crippen LogP contribution in [0.3, 0.4) is 0 Å². The SMILES string of the molecule is N#Cc1ncn(CC(=O)N[C@H]2CCS(=O)(=O)C2)n1. The first-order chi connectivity index (χ1) is 8.48. The van der Waals surface area contributed by atoms with Gasteiger partial charge in [-0.25, -0.2) is 18.1 Å². The monoisotopic (exact) mass is 269 g/mol. The molecule has 1 aromatic rings. The first kappa shape index (κ1) is 12.5. The molecule has 0 saturated carbocycles.